The molecule has 0 amide bonds. The van der Waals surface area contributed by atoms with E-state index in [1.54, 1.807) is 29.5 Å². The van der Waals surface area contributed by atoms with Crippen molar-refractivity contribution in [3.63, 3.8) is 0 Å². The van der Waals surface area contributed by atoms with Crippen molar-refractivity contribution in [2.45, 2.75) is 18.7 Å². The standard InChI is InChI=1S/C10H9BrF2INO2/c1-2-17-10(16)6-3-5(14)8(9(12)13)7(4-11)15-6/h3,9H,2,4H2,1H3. The number of hydrogen-bond donors (Lipinski definition) is 0. The van der Waals surface area contributed by atoms with Crippen molar-refractivity contribution < 1.29 is 18.3 Å². The molecule has 1 aromatic heterocycles. The molecular weight excluding hydrogens is 411 g/mol. The first-order valence-corrected chi connectivity index (χ1v) is 6.91. The highest BCUT2D eigenvalue weighted by Crippen LogP contribution is 2.29. The Bertz CT molecular complexity index is 429. The fourth-order valence-electron chi connectivity index (χ4n) is 1.22. The Balaban J connectivity index is 3.22. The van der Waals surface area contributed by atoms with E-state index in [0.717, 1.165) is 0 Å². The number of alkyl halides is 3. The molecule has 0 saturated carbocycles. The Morgan fingerprint density at radius 2 is 2.29 bits per heavy atom. The van der Waals surface area contributed by atoms with Gasteiger partial charge in [-0.25, -0.2) is 18.6 Å². The van der Waals surface area contributed by atoms with Crippen molar-refractivity contribution >= 4 is 44.5 Å². The SMILES string of the molecule is CCOC(=O)c1cc(I)c(C(F)F)c(CBr)n1. The lowest BCUT2D eigenvalue weighted by Gasteiger charge is -2.10. The Morgan fingerprint density at radius 3 is 2.76 bits per heavy atom. The van der Waals surface area contributed by atoms with E-state index in [0.29, 0.717) is 3.57 Å². The zero-order valence-corrected chi connectivity index (χ0v) is 12.6. The molecule has 0 spiro atoms. The Kier molecular flexibility index (Phi) is 5.71. The molecule has 7 heteroatoms. The molecule has 1 heterocycles. The molecule has 0 aromatic carbocycles. The molecule has 0 N–H and O–H groups in total. The van der Waals surface area contributed by atoms with Crippen molar-refractivity contribution in [1.29, 1.82) is 0 Å². The number of nitrogens with zero attached hydrogens (tertiary/aromatic N) is 1. The van der Waals surface area contributed by atoms with Crippen molar-refractivity contribution in [1.82, 2.24) is 4.98 Å². The topological polar surface area (TPSA) is 39.2 Å². The average molecular weight is 420 g/mol. The van der Waals surface area contributed by atoms with Crippen LogP contribution in [0.5, 0.6) is 0 Å². The monoisotopic (exact) mass is 419 g/mol. The minimum Gasteiger partial charge on any atom is -0.461 e. The number of halogens is 4. The van der Waals surface area contributed by atoms with Crippen LogP contribution in [-0.2, 0) is 10.1 Å². The summed E-state index contributed by atoms with van der Waals surface area (Å²) in [5.74, 6) is -0.603. The number of carbonyl (C=O) groups excluding carboxylic acids is 1. The molecular formula is C10H9BrF2INO2. The van der Waals surface area contributed by atoms with Crippen LogP contribution in [0.15, 0.2) is 6.07 Å². The smallest absolute Gasteiger partial charge is 0.356 e. The molecule has 1 aromatic rings. The molecule has 0 fully saturated rings. The number of hydrogen-bond acceptors (Lipinski definition) is 3. The van der Waals surface area contributed by atoms with Crippen LogP contribution in [0.1, 0.15) is 35.1 Å². The van der Waals surface area contributed by atoms with Crippen molar-refractivity contribution in [2.24, 2.45) is 0 Å². The summed E-state index contributed by atoms with van der Waals surface area (Å²) in [5.41, 5.74) is 0.0700. The maximum atomic E-state index is 12.8. The molecule has 0 unspecified atom stereocenters. The highest BCUT2D eigenvalue weighted by atomic mass is 127. The van der Waals surface area contributed by atoms with Crippen LogP contribution < -0.4 is 0 Å². The number of esters is 1. The van der Waals surface area contributed by atoms with E-state index in [2.05, 4.69) is 20.9 Å². The van der Waals surface area contributed by atoms with Gasteiger partial charge in [0, 0.05) is 8.90 Å². The van der Waals surface area contributed by atoms with Crippen LogP contribution in [0.2, 0.25) is 0 Å². The summed E-state index contributed by atoms with van der Waals surface area (Å²) >= 11 is 4.85. The molecule has 0 aliphatic heterocycles. The molecule has 0 aliphatic carbocycles. The predicted molar refractivity (Wildman–Crippen MR) is 70.5 cm³/mol. The quantitative estimate of drug-likeness (QED) is 0.424. The zero-order valence-electron chi connectivity index (χ0n) is 8.84. The van der Waals surface area contributed by atoms with Crippen molar-refractivity contribution in [3.05, 3.63) is 26.6 Å². The number of aromatic nitrogens is 1. The normalized spacial score (nSPS) is 10.7. The summed E-state index contributed by atoms with van der Waals surface area (Å²) in [5, 5.41) is 0.163. The third-order valence-corrected chi connectivity index (χ3v) is 3.34. The first-order chi connectivity index (χ1) is 8.01. The van der Waals surface area contributed by atoms with Gasteiger partial charge in [-0.15, -0.1) is 0 Å². The van der Waals surface area contributed by atoms with Crippen molar-refractivity contribution in [3.8, 4) is 0 Å². The maximum Gasteiger partial charge on any atom is 0.356 e. The minimum absolute atomic E-state index is 0.0510. The van der Waals surface area contributed by atoms with Gasteiger partial charge in [0.25, 0.3) is 6.43 Å². The van der Waals surface area contributed by atoms with Gasteiger partial charge in [-0.2, -0.15) is 0 Å². The molecule has 0 aliphatic rings. The summed E-state index contributed by atoms with van der Waals surface area (Å²) in [6, 6.07) is 1.31. The number of pyridine rings is 1. The summed E-state index contributed by atoms with van der Waals surface area (Å²) in [6.07, 6.45) is -2.61. The van der Waals surface area contributed by atoms with Crippen LogP contribution in [0.3, 0.4) is 0 Å². The molecule has 94 valence electrons. The number of carbonyl (C=O) groups is 1. The second-order valence-corrected chi connectivity index (χ2v) is 4.73. The van der Waals surface area contributed by atoms with E-state index in [1.165, 1.54) is 6.07 Å². The van der Waals surface area contributed by atoms with E-state index in [9.17, 15) is 13.6 Å². The lowest BCUT2D eigenvalue weighted by molar-refractivity contribution is 0.0518. The van der Waals surface area contributed by atoms with Crippen LogP contribution in [0.25, 0.3) is 0 Å². The Hall–Kier alpha value is -0.310. The Morgan fingerprint density at radius 1 is 1.65 bits per heavy atom. The van der Waals surface area contributed by atoms with E-state index in [-0.39, 0.29) is 28.9 Å². The molecule has 3 nitrogen and oxygen atoms in total. The van der Waals surface area contributed by atoms with E-state index in [4.69, 9.17) is 4.74 Å². The second-order valence-electron chi connectivity index (χ2n) is 3.00. The molecule has 0 bridgehead atoms. The van der Waals surface area contributed by atoms with E-state index in [1.807, 2.05) is 0 Å². The van der Waals surface area contributed by atoms with Crippen molar-refractivity contribution in [2.75, 3.05) is 6.61 Å². The highest BCUT2D eigenvalue weighted by molar-refractivity contribution is 14.1. The molecule has 0 atom stereocenters. The lowest BCUT2D eigenvalue weighted by Crippen LogP contribution is -2.11. The molecule has 17 heavy (non-hydrogen) atoms. The second kappa shape index (κ2) is 6.58. The van der Waals surface area contributed by atoms with Gasteiger partial charge in [0.05, 0.1) is 17.9 Å². The van der Waals surface area contributed by atoms with E-state index >= 15 is 0 Å². The van der Waals surface area contributed by atoms with Gasteiger partial charge < -0.3 is 4.74 Å². The van der Waals surface area contributed by atoms with Gasteiger partial charge in [0.1, 0.15) is 5.69 Å². The van der Waals surface area contributed by atoms with Crippen LogP contribution in [-0.4, -0.2) is 17.6 Å². The maximum absolute atomic E-state index is 12.8. The molecule has 1 rings (SSSR count). The average Bonchev–Trinajstić information content (AvgIpc) is 2.27. The number of rotatable bonds is 4. The largest absolute Gasteiger partial charge is 0.461 e. The fourth-order valence-corrected chi connectivity index (χ4v) is 2.48. The van der Waals surface area contributed by atoms with Gasteiger partial charge in [-0.3, -0.25) is 0 Å². The summed E-state index contributed by atoms with van der Waals surface area (Å²) in [6.45, 7) is 1.89. The van der Waals surface area contributed by atoms with Crippen LogP contribution >= 0.6 is 38.5 Å². The van der Waals surface area contributed by atoms with Gasteiger partial charge in [0.15, 0.2) is 0 Å². The first kappa shape index (κ1) is 14.7. The fraction of sp³-hybridized carbons (Fsp3) is 0.400. The first-order valence-electron chi connectivity index (χ1n) is 4.71. The summed E-state index contributed by atoms with van der Waals surface area (Å²) in [4.78, 5) is 15.3. The predicted octanol–water partition coefficient (Wildman–Crippen LogP) is 3.70. The Labute approximate surface area is 119 Å². The van der Waals surface area contributed by atoms with Gasteiger partial charge in [-0.05, 0) is 35.6 Å². The molecule has 0 saturated heterocycles. The zero-order chi connectivity index (χ0) is 13.0. The summed E-state index contributed by atoms with van der Waals surface area (Å²) in [7, 11) is 0. The minimum atomic E-state index is -2.61. The van der Waals surface area contributed by atoms with Crippen LogP contribution in [0, 0.1) is 3.57 Å². The van der Waals surface area contributed by atoms with Gasteiger partial charge >= 0.3 is 5.97 Å². The highest BCUT2D eigenvalue weighted by Gasteiger charge is 2.21. The van der Waals surface area contributed by atoms with Crippen LogP contribution in [0.4, 0.5) is 8.78 Å². The van der Waals surface area contributed by atoms with Gasteiger partial charge in [0.2, 0.25) is 0 Å². The van der Waals surface area contributed by atoms with Gasteiger partial charge in [-0.1, -0.05) is 15.9 Å². The molecule has 0 radical (unpaired) electrons. The third kappa shape index (κ3) is 3.57. The number of ether oxygens (including phenoxy) is 1. The van der Waals surface area contributed by atoms with E-state index < -0.39 is 12.4 Å². The lowest BCUT2D eigenvalue weighted by atomic mass is 10.2. The third-order valence-electron chi connectivity index (χ3n) is 1.92. The summed E-state index contributed by atoms with van der Waals surface area (Å²) < 4.78 is 30.6.